The van der Waals surface area contributed by atoms with Crippen LogP contribution in [0.1, 0.15) is 19.4 Å². The summed E-state index contributed by atoms with van der Waals surface area (Å²) >= 11 is 0. The first-order chi connectivity index (χ1) is 7.26. The fraction of sp³-hybridized carbons (Fsp3) is 0.417. The highest BCUT2D eigenvalue weighted by Gasteiger charge is 2.22. The lowest BCUT2D eigenvalue weighted by atomic mass is 10.1. The second-order valence-corrected chi connectivity index (χ2v) is 3.74. The van der Waals surface area contributed by atoms with Crippen molar-refractivity contribution in [2.75, 3.05) is 18.1 Å². The Balaban J connectivity index is 2.43. The van der Waals surface area contributed by atoms with Crippen molar-refractivity contribution in [3.8, 4) is 11.8 Å². The van der Waals surface area contributed by atoms with Gasteiger partial charge in [0.05, 0.1) is 23.4 Å². The first-order valence-corrected chi connectivity index (χ1v) is 5.20. The van der Waals surface area contributed by atoms with Crippen LogP contribution in [0.25, 0.3) is 0 Å². The Bertz CT molecular complexity index is 409. The highest BCUT2D eigenvalue weighted by atomic mass is 16.5. The summed E-state index contributed by atoms with van der Waals surface area (Å²) in [5.74, 6) is 0.828. The molecule has 15 heavy (non-hydrogen) atoms. The first-order valence-electron chi connectivity index (χ1n) is 5.20. The molecule has 78 valence electrons. The van der Waals surface area contributed by atoms with Gasteiger partial charge in [-0.05, 0) is 26.0 Å². The van der Waals surface area contributed by atoms with Gasteiger partial charge < -0.3 is 9.64 Å². The molecule has 0 aromatic heterocycles. The molecule has 1 aromatic carbocycles. The molecule has 1 aliphatic rings. The molecular weight excluding hydrogens is 188 g/mol. The summed E-state index contributed by atoms with van der Waals surface area (Å²) < 4.78 is 5.62. The summed E-state index contributed by atoms with van der Waals surface area (Å²) in [5.41, 5.74) is 1.75. The molecule has 3 heteroatoms. The van der Waals surface area contributed by atoms with Crippen LogP contribution in [-0.2, 0) is 0 Å². The first kappa shape index (κ1) is 9.85. The number of rotatable bonds is 1. The van der Waals surface area contributed by atoms with E-state index in [4.69, 9.17) is 10.00 Å². The Kier molecular flexibility index (Phi) is 2.51. The van der Waals surface area contributed by atoms with E-state index < -0.39 is 0 Å². The number of anilines is 1. The van der Waals surface area contributed by atoms with Gasteiger partial charge in [-0.3, -0.25) is 0 Å². The number of hydrogen-bond acceptors (Lipinski definition) is 3. The standard InChI is InChI=1S/C12H14N2O/c1-3-14-9(2)8-15-12-6-10(7-13)4-5-11(12)14/h4-6,9H,3,8H2,1-2H3. The topological polar surface area (TPSA) is 36.3 Å². The molecule has 0 N–H and O–H groups in total. The van der Waals surface area contributed by atoms with Gasteiger partial charge in [-0.25, -0.2) is 0 Å². The van der Waals surface area contributed by atoms with E-state index in [1.807, 2.05) is 18.2 Å². The zero-order chi connectivity index (χ0) is 10.8. The van der Waals surface area contributed by atoms with Crippen molar-refractivity contribution in [2.24, 2.45) is 0 Å². The van der Waals surface area contributed by atoms with Crippen molar-refractivity contribution >= 4 is 5.69 Å². The van der Waals surface area contributed by atoms with Crippen LogP contribution < -0.4 is 9.64 Å². The van der Waals surface area contributed by atoms with E-state index >= 15 is 0 Å². The zero-order valence-electron chi connectivity index (χ0n) is 9.03. The highest BCUT2D eigenvalue weighted by molar-refractivity contribution is 5.63. The molecular formula is C12H14N2O. The molecule has 1 atom stereocenters. The summed E-state index contributed by atoms with van der Waals surface area (Å²) in [4.78, 5) is 2.29. The van der Waals surface area contributed by atoms with E-state index in [1.165, 1.54) is 0 Å². The van der Waals surface area contributed by atoms with Crippen LogP contribution in [0.5, 0.6) is 5.75 Å². The molecule has 0 spiro atoms. The van der Waals surface area contributed by atoms with E-state index in [9.17, 15) is 0 Å². The Morgan fingerprint density at radius 3 is 3.07 bits per heavy atom. The van der Waals surface area contributed by atoms with Gasteiger partial charge in [-0.15, -0.1) is 0 Å². The van der Waals surface area contributed by atoms with E-state index in [2.05, 4.69) is 24.8 Å². The summed E-state index contributed by atoms with van der Waals surface area (Å²) in [7, 11) is 0. The van der Waals surface area contributed by atoms with Crippen LogP contribution in [-0.4, -0.2) is 19.2 Å². The molecule has 1 heterocycles. The molecule has 1 aliphatic heterocycles. The van der Waals surface area contributed by atoms with Crippen molar-refractivity contribution in [1.82, 2.24) is 0 Å². The number of likely N-dealkylation sites (N-methyl/N-ethyl adjacent to an activating group) is 1. The van der Waals surface area contributed by atoms with Gasteiger partial charge in [0.2, 0.25) is 0 Å². The fourth-order valence-corrected chi connectivity index (χ4v) is 1.96. The van der Waals surface area contributed by atoms with Gasteiger partial charge in [0.1, 0.15) is 12.4 Å². The van der Waals surface area contributed by atoms with Gasteiger partial charge >= 0.3 is 0 Å². The van der Waals surface area contributed by atoms with Crippen molar-refractivity contribution in [3.05, 3.63) is 23.8 Å². The predicted molar refractivity (Wildman–Crippen MR) is 59.1 cm³/mol. The summed E-state index contributed by atoms with van der Waals surface area (Å²) in [6.45, 7) is 5.92. The normalized spacial score (nSPS) is 19.0. The van der Waals surface area contributed by atoms with Crippen molar-refractivity contribution in [3.63, 3.8) is 0 Å². The van der Waals surface area contributed by atoms with E-state index in [-0.39, 0.29) is 0 Å². The van der Waals surface area contributed by atoms with Gasteiger partial charge in [0.15, 0.2) is 0 Å². The molecule has 0 saturated carbocycles. The molecule has 0 amide bonds. The molecule has 3 nitrogen and oxygen atoms in total. The Morgan fingerprint density at radius 1 is 1.60 bits per heavy atom. The number of nitriles is 1. The van der Waals surface area contributed by atoms with Crippen LogP contribution in [0.15, 0.2) is 18.2 Å². The maximum Gasteiger partial charge on any atom is 0.144 e. The fourth-order valence-electron chi connectivity index (χ4n) is 1.96. The van der Waals surface area contributed by atoms with Gasteiger partial charge in [-0.2, -0.15) is 5.26 Å². The minimum absolute atomic E-state index is 0.399. The van der Waals surface area contributed by atoms with Crippen LogP contribution in [0.3, 0.4) is 0 Å². The maximum absolute atomic E-state index is 8.80. The van der Waals surface area contributed by atoms with Crippen LogP contribution in [0, 0.1) is 11.3 Å². The lowest BCUT2D eigenvalue weighted by Gasteiger charge is -2.36. The van der Waals surface area contributed by atoms with Crippen LogP contribution >= 0.6 is 0 Å². The summed E-state index contributed by atoms with van der Waals surface area (Å²) in [6, 6.07) is 8.13. The minimum Gasteiger partial charge on any atom is -0.489 e. The van der Waals surface area contributed by atoms with Gasteiger partial charge in [-0.1, -0.05) is 0 Å². The third-order valence-electron chi connectivity index (χ3n) is 2.75. The number of nitrogens with zero attached hydrogens (tertiary/aromatic N) is 2. The average molecular weight is 202 g/mol. The Hall–Kier alpha value is -1.69. The van der Waals surface area contributed by atoms with Crippen molar-refractivity contribution in [2.45, 2.75) is 19.9 Å². The summed E-state index contributed by atoms with van der Waals surface area (Å²) in [6.07, 6.45) is 0. The monoisotopic (exact) mass is 202 g/mol. The van der Waals surface area contributed by atoms with E-state index in [1.54, 1.807) is 0 Å². The second-order valence-electron chi connectivity index (χ2n) is 3.74. The SMILES string of the molecule is CCN1c2ccc(C#N)cc2OCC1C. The molecule has 1 unspecified atom stereocenters. The van der Waals surface area contributed by atoms with Gasteiger partial charge in [0.25, 0.3) is 0 Å². The van der Waals surface area contributed by atoms with Crippen molar-refractivity contribution in [1.29, 1.82) is 5.26 Å². The average Bonchev–Trinajstić information content (AvgIpc) is 2.28. The molecule has 0 aliphatic carbocycles. The quantitative estimate of drug-likeness (QED) is 0.700. The summed E-state index contributed by atoms with van der Waals surface area (Å²) in [5, 5.41) is 8.80. The Morgan fingerprint density at radius 2 is 2.40 bits per heavy atom. The lowest BCUT2D eigenvalue weighted by Crippen LogP contribution is -2.40. The molecule has 0 radical (unpaired) electrons. The third kappa shape index (κ3) is 1.63. The van der Waals surface area contributed by atoms with Gasteiger partial charge in [0, 0.05) is 12.6 Å². The molecule has 0 bridgehead atoms. The molecule has 1 aromatic rings. The molecule has 0 saturated heterocycles. The van der Waals surface area contributed by atoms with E-state index in [0.29, 0.717) is 18.2 Å². The largest absolute Gasteiger partial charge is 0.489 e. The second kappa shape index (κ2) is 3.82. The van der Waals surface area contributed by atoms with Crippen molar-refractivity contribution < 1.29 is 4.74 Å². The minimum atomic E-state index is 0.399. The molecule has 0 fully saturated rings. The number of hydrogen-bond donors (Lipinski definition) is 0. The number of benzene rings is 1. The lowest BCUT2D eigenvalue weighted by molar-refractivity contribution is 0.271. The maximum atomic E-state index is 8.80. The third-order valence-corrected chi connectivity index (χ3v) is 2.75. The number of fused-ring (bicyclic) bond motifs is 1. The van der Waals surface area contributed by atoms with Crippen LogP contribution in [0.2, 0.25) is 0 Å². The predicted octanol–water partition coefficient (Wildman–Crippen LogP) is 2.17. The smallest absolute Gasteiger partial charge is 0.144 e. The van der Waals surface area contributed by atoms with E-state index in [0.717, 1.165) is 18.0 Å². The molecule has 2 rings (SSSR count). The Labute approximate surface area is 89.9 Å². The highest BCUT2D eigenvalue weighted by Crippen LogP contribution is 2.34. The zero-order valence-corrected chi connectivity index (χ0v) is 9.03. The van der Waals surface area contributed by atoms with Crippen LogP contribution in [0.4, 0.5) is 5.69 Å². The number of ether oxygens (including phenoxy) is 1.